The highest BCUT2D eigenvalue weighted by molar-refractivity contribution is 5.78. The molecule has 0 aliphatic carbocycles. The van der Waals surface area contributed by atoms with Gasteiger partial charge >= 0.3 is 5.97 Å². The van der Waals surface area contributed by atoms with Crippen molar-refractivity contribution in [1.82, 2.24) is 10.5 Å². The Morgan fingerprint density at radius 3 is 2.94 bits per heavy atom. The summed E-state index contributed by atoms with van der Waals surface area (Å²) in [6, 6.07) is 1.74. The molecule has 6 heteroatoms. The van der Waals surface area contributed by atoms with E-state index in [4.69, 9.17) is 14.4 Å². The van der Waals surface area contributed by atoms with Crippen molar-refractivity contribution in [3.05, 3.63) is 17.5 Å². The molecule has 0 fully saturated rings. The summed E-state index contributed by atoms with van der Waals surface area (Å²) in [4.78, 5) is 11.1. The van der Waals surface area contributed by atoms with E-state index < -0.39 is 11.5 Å². The zero-order valence-electron chi connectivity index (χ0n) is 10.3. The SMILES string of the molecule is CCC(C)(NCc1cc(COC)on1)C(=O)O. The Hall–Kier alpha value is -1.40. The quantitative estimate of drug-likeness (QED) is 0.746. The van der Waals surface area contributed by atoms with Gasteiger partial charge in [0, 0.05) is 19.7 Å². The lowest BCUT2D eigenvalue weighted by molar-refractivity contribution is -0.144. The lowest BCUT2D eigenvalue weighted by Crippen LogP contribution is -2.48. The first-order chi connectivity index (χ1) is 8.01. The summed E-state index contributed by atoms with van der Waals surface area (Å²) >= 11 is 0. The zero-order chi connectivity index (χ0) is 12.9. The fraction of sp³-hybridized carbons (Fsp3) is 0.636. The molecule has 0 radical (unpaired) electrons. The van der Waals surface area contributed by atoms with Crippen LogP contribution in [0.5, 0.6) is 0 Å². The van der Waals surface area contributed by atoms with E-state index in [-0.39, 0.29) is 0 Å². The highest BCUT2D eigenvalue weighted by Gasteiger charge is 2.30. The van der Waals surface area contributed by atoms with Crippen molar-refractivity contribution < 1.29 is 19.2 Å². The molecule has 1 atom stereocenters. The molecule has 1 aromatic heterocycles. The Balaban J connectivity index is 2.56. The molecule has 0 amide bonds. The summed E-state index contributed by atoms with van der Waals surface area (Å²) in [5.41, 5.74) is -0.279. The lowest BCUT2D eigenvalue weighted by atomic mass is 9.99. The molecule has 0 saturated heterocycles. The van der Waals surface area contributed by atoms with Crippen molar-refractivity contribution >= 4 is 5.97 Å². The molecule has 0 aliphatic rings. The van der Waals surface area contributed by atoms with E-state index in [1.807, 2.05) is 6.92 Å². The second kappa shape index (κ2) is 5.79. The highest BCUT2D eigenvalue weighted by atomic mass is 16.5. The maximum atomic E-state index is 11.1. The third kappa shape index (κ3) is 3.54. The summed E-state index contributed by atoms with van der Waals surface area (Å²) in [5.74, 6) is -0.251. The number of hydrogen-bond acceptors (Lipinski definition) is 5. The van der Waals surface area contributed by atoms with Crippen LogP contribution in [-0.4, -0.2) is 28.9 Å². The molecule has 0 saturated carbocycles. The van der Waals surface area contributed by atoms with Gasteiger partial charge < -0.3 is 14.4 Å². The molecular formula is C11H18N2O4. The Kier molecular flexibility index (Phi) is 4.65. The van der Waals surface area contributed by atoms with Crippen LogP contribution in [0.2, 0.25) is 0 Å². The minimum atomic E-state index is -0.944. The van der Waals surface area contributed by atoms with Gasteiger partial charge in [0.2, 0.25) is 0 Å². The maximum absolute atomic E-state index is 11.1. The Morgan fingerprint density at radius 1 is 1.71 bits per heavy atom. The Bertz CT molecular complexity index is 377. The molecular weight excluding hydrogens is 224 g/mol. The third-order valence-corrected chi connectivity index (χ3v) is 2.73. The van der Waals surface area contributed by atoms with Gasteiger partial charge in [0.25, 0.3) is 0 Å². The summed E-state index contributed by atoms with van der Waals surface area (Å²) in [6.45, 7) is 4.17. The van der Waals surface area contributed by atoms with Crippen molar-refractivity contribution in [2.24, 2.45) is 0 Å². The largest absolute Gasteiger partial charge is 0.480 e. The van der Waals surface area contributed by atoms with Crippen LogP contribution >= 0.6 is 0 Å². The van der Waals surface area contributed by atoms with Gasteiger partial charge in [-0.25, -0.2) is 0 Å². The third-order valence-electron chi connectivity index (χ3n) is 2.73. The van der Waals surface area contributed by atoms with Crippen molar-refractivity contribution in [1.29, 1.82) is 0 Å². The standard InChI is InChI=1S/C11H18N2O4/c1-4-11(2,10(14)15)12-6-8-5-9(7-16-3)17-13-8/h5,12H,4,6-7H2,1-3H3,(H,14,15). The molecule has 2 N–H and O–H groups in total. The van der Waals surface area contributed by atoms with E-state index in [0.29, 0.717) is 31.0 Å². The molecule has 17 heavy (non-hydrogen) atoms. The maximum Gasteiger partial charge on any atom is 0.323 e. The molecule has 1 rings (SSSR count). The van der Waals surface area contributed by atoms with Crippen molar-refractivity contribution in [3.63, 3.8) is 0 Å². The average Bonchev–Trinajstić information content (AvgIpc) is 2.74. The van der Waals surface area contributed by atoms with Gasteiger partial charge in [-0.15, -0.1) is 0 Å². The summed E-state index contributed by atoms with van der Waals surface area (Å²) < 4.78 is 9.90. The number of nitrogens with zero attached hydrogens (tertiary/aromatic N) is 1. The van der Waals surface area contributed by atoms with E-state index in [1.165, 1.54) is 0 Å². The average molecular weight is 242 g/mol. The number of carboxylic acid groups (broad SMARTS) is 1. The predicted molar refractivity (Wildman–Crippen MR) is 60.4 cm³/mol. The van der Waals surface area contributed by atoms with Gasteiger partial charge in [-0.05, 0) is 13.3 Å². The van der Waals surface area contributed by atoms with Crippen LogP contribution in [0.3, 0.4) is 0 Å². The summed E-state index contributed by atoms with van der Waals surface area (Å²) in [7, 11) is 1.57. The topological polar surface area (TPSA) is 84.6 Å². The lowest BCUT2D eigenvalue weighted by Gasteiger charge is -2.23. The van der Waals surface area contributed by atoms with E-state index in [2.05, 4.69) is 10.5 Å². The van der Waals surface area contributed by atoms with Gasteiger partial charge in [-0.2, -0.15) is 0 Å². The predicted octanol–water partition coefficient (Wildman–Crippen LogP) is 1.16. The summed E-state index contributed by atoms with van der Waals surface area (Å²) in [5, 5.41) is 15.8. The van der Waals surface area contributed by atoms with Crippen LogP contribution in [0.4, 0.5) is 0 Å². The first-order valence-corrected chi connectivity index (χ1v) is 5.43. The number of aliphatic carboxylic acids is 1. The number of aromatic nitrogens is 1. The van der Waals surface area contributed by atoms with Crippen LogP contribution in [0.25, 0.3) is 0 Å². The molecule has 1 heterocycles. The number of hydrogen-bond donors (Lipinski definition) is 2. The monoisotopic (exact) mass is 242 g/mol. The van der Waals surface area contributed by atoms with Crippen LogP contribution in [-0.2, 0) is 22.7 Å². The van der Waals surface area contributed by atoms with Crippen LogP contribution in [0.15, 0.2) is 10.6 Å². The van der Waals surface area contributed by atoms with E-state index >= 15 is 0 Å². The molecule has 0 aromatic carbocycles. The van der Waals surface area contributed by atoms with Crippen molar-refractivity contribution in [2.75, 3.05) is 7.11 Å². The first kappa shape index (κ1) is 13.7. The van der Waals surface area contributed by atoms with Crippen LogP contribution in [0.1, 0.15) is 31.7 Å². The zero-order valence-corrected chi connectivity index (χ0v) is 10.3. The molecule has 96 valence electrons. The Labute approximate surface area is 99.9 Å². The molecule has 0 bridgehead atoms. The molecule has 6 nitrogen and oxygen atoms in total. The smallest absolute Gasteiger partial charge is 0.323 e. The number of nitrogens with one attached hydrogen (secondary N) is 1. The number of rotatable bonds is 7. The minimum Gasteiger partial charge on any atom is -0.480 e. The van der Waals surface area contributed by atoms with Crippen LogP contribution in [0, 0.1) is 0 Å². The molecule has 0 spiro atoms. The van der Waals surface area contributed by atoms with Gasteiger partial charge in [-0.3, -0.25) is 10.1 Å². The number of methoxy groups -OCH3 is 1. The van der Waals surface area contributed by atoms with Gasteiger partial charge in [0.1, 0.15) is 12.1 Å². The number of carbonyl (C=O) groups is 1. The fourth-order valence-electron chi connectivity index (χ4n) is 1.29. The van der Waals surface area contributed by atoms with E-state index in [1.54, 1.807) is 20.1 Å². The molecule has 1 aromatic rings. The van der Waals surface area contributed by atoms with E-state index in [9.17, 15) is 4.79 Å². The van der Waals surface area contributed by atoms with Gasteiger partial charge in [0.05, 0.1) is 5.69 Å². The molecule has 1 unspecified atom stereocenters. The normalized spacial score (nSPS) is 14.5. The fourth-order valence-corrected chi connectivity index (χ4v) is 1.29. The van der Waals surface area contributed by atoms with Crippen LogP contribution < -0.4 is 5.32 Å². The van der Waals surface area contributed by atoms with Gasteiger partial charge in [0.15, 0.2) is 5.76 Å². The van der Waals surface area contributed by atoms with Crippen molar-refractivity contribution in [2.45, 2.75) is 39.0 Å². The first-order valence-electron chi connectivity index (χ1n) is 5.43. The second-order valence-corrected chi connectivity index (χ2v) is 4.06. The number of ether oxygens (including phenoxy) is 1. The van der Waals surface area contributed by atoms with Crippen molar-refractivity contribution in [3.8, 4) is 0 Å². The highest BCUT2D eigenvalue weighted by Crippen LogP contribution is 2.11. The Morgan fingerprint density at radius 2 is 2.41 bits per heavy atom. The summed E-state index contributed by atoms with van der Waals surface area (Å²) in [6.07, 6.45) is 0.491. The van der Waals surface area contributed by atoms with Gasteiger partial charge in [-0.1, -0.05) is 12.1 Å². The second-order valence-electron chi connectivity index (χ2n) is 4.06. The molecule has 0 aliphatic heterocycles. The minimum absolute atomic E-state index is 0.351. The number of carboxylic acids is 1. The van der Waals surface area contributed by atoms with E-state index in [0.717, 1.165) is 0 Å².